The van der Waals surface area contributed by atoms with Crippen molar-refractivity contribution in [3.05, 3.63) is 42.0 Å². The summed E-state index contributed by atoms with van der Waals surface area (Å²) in [5, 5.41) is 23.9. The second-order valence-electron chi connectivity index (χ2n) is 5.80. The second-order valence-corrected chi connectivity index (χ2v) is 5.80. The molecule has 26 heavy (non-hydrogen) atoms. The number of hydrogen-bond donors (Lipinski definition) is 1. The van der Waals surface area contributed by atoms with E-state index >= 15 is 0 Å². The van der Waals surface area contributed by atoms with Crippen molar-refractivity contribution in [2.75, 3.05) is 5.32 Å². The van der Waals surface area contributed by atoms with E-state index in [0.717, 1.165) is 18.7 Å². The Balaban J connectivity index is 1.69. The van der Waals surface area contributed by atoms with Crippen molar-refractivity contribution in [1.82, 2.24) is 29.8 Å². The number of pyridine rings is 1. The van der Waals surface area contributed by atoms with Gasteiger partial charge in [-0.1, -0.05) is 12.1 Å². The summed E-state index contributed by atoms with van der Waals surface area (Å²) in [6.45, 7) is 4.66. The van der Waals surface area contributed by atoms with Crippen LogP contribution in [0.5, 0.6) is 0 Å². The molecule has 3 aromatic heterocycles. The standard InChI is InChI=1S/C17H18N8O/c1-3-6-24-10-15(22-23-24)21-16(26)11-25-9-14(8-19-25)17-13(7-18)5-4-12(2)20-17/h4-5,8-10H,3,6,11H2,1-2H3,(H,21,26). The van der Waals surface area contributed by atoms with Crippen LogP contribution in [0.1, 0.15) is 24.6 Å². The summed E-state index contributed by atoms with van der Waals surface area (Å²) < 4.78 is 3.17. The maximum Gasteiger partial charge on any atom is 0.247 e. The molecule has 0 saturated carbocycles. The highest BCUT2D eigenvalue weighted by molar-refractivity contribution is 5.89. The van der Waals surface area contributed by atoms with Gasteiger partial charge in [0.15, 0.2) is 5.82 Å². The summed E-state index contributed by atoms with van der Waals surface area (Å²) in [6, 6.07) is 5.63. The molecular weight excluding hydrogens is 332 g/mol. The first-order valence-electron chi connectivity index (χ1n) is 8.19. The number of carbonyl (C=O) groups is 1. The van der Waals surface area contributed by atoms with Crippen LogP contribution in [0.4, 0.5) is 5.82 Å². The number of amides is 1. The molecule has 0 aliphatic carbocycles. The van der Waals surface area contributed by atoms with Gasteiger partial charge in [0.25, 0.3) is 0 Å². The highest BCUT2D eigenvalue weighted by Gasteiger charge is 2.12. The molecule has 0 unspecified atom stereocenters. The number of anilines is 1. The molecule has 132 valence electrons. The van der Waals surface area contributed by atoms with Crippen molar-refractivity contribution in [2.24, 2.45) is 0 Å². The summed E-state index contributed by atoms with van der Waals surface area (Å²) in [5.74, 6) is 0.142. The van der Waals surface area contributed by atoms with Gasteiger partial charge in [-0.3, -0.25) is 19.1 Å². The number of nitriles is 1. The van der Waals surface area contributed by atoms with Crippen LogP contribution in [-0.2, 0) is 17.9 Å². The molecule has 0 atom stereocenters. The normalized spacial score (nSPS) is 10.5. The molecule has 9 heteroatoms. The van der Waals surface area contributed by atoms with E-state index in [1.807, 2.05) is 13.8 Å². The van der Waals surface area contributed by atoms with Crippen LogP contribution in [-0.4, -0.2) is 35.7 Å². The van der Waals surface area contributed by atoms with Gasteiger partial charge in [-0.05, 0) is 25.5 Å². The number of rotatable bonds is 6. The van der Waals surface area contributed by atoms with E-state index in [0.29, 0.717) is 22.6 Å². The van der Waals surface area contributed by atoms with Gasteiger partial charge >= 0.3 is 0 Å². The van der Waals surface area contributed by atoms with Crippen LogP contribution in [0.25, 0.3) is 11.3 Å². The molecule has 9 nitrogen and oxygen atoms in total. The summed E-state index contributed by atoms with van der Waals surface area (Å²) in [5.41, 5.74) is 2.51. The first-order chi connectivity index (χ1) is 12.6. The quantitative estimate of drug-likeness (QED) is 0.724. The highest BCUT2D eigenvalue weighted by atomic mass is 16.2. The van der Waals surface area contributed by atoms with E-state index in [1.54, 1.807) is 35.4 Å². The molecule has 0 fully saturated rings. The zero-order chi connectivity index (χ0) is 18.5. The minimum atomic E-state index is -0.263. The number of aromatic nitrogens is 6. The highest BCUT2D eigenvalue weighted by Crippen LogP contribution is 2.21. The molecule has 3 heterocycles. The summed E-state index contributed by atoms with van der Waals surface area (Å²) in [7, 11) is 0. The third-order valence-electron chi connectivity index (χ3n) is 3.63. The van der Waals surface area contributed by atoms with Crippen LogP contribution < -0.4 is 5.32 Å². The fourth-order valence-electron chi connectivity index (χ4n) is 2.46. The van der Waals surface area contributed by atoms with Crippen molar-refractivity contribution in [3.63, 3.8) is 0 Å². The maximum absolute atomic E-state index is 12.2. The molecule has 0 aliphatic heterocycles. The Hall–Kier alpha value is -3.54. The average Bonchev–Trinajstić information content (AvgIpc) is 3.25. The first kappa shape index (κ1) is 17.3. The second kappa shape index (κ2) is 7.57. The third kappa shape index (κ3) is 3.92. The van der Waals surface area contributed by atoms with E-state index in [-0.39, 0.29) is 12.5 Å². The van der Waals surface area contributed by atoms with Crippen LogP contribution in [0, 0.1) is 18.3 Å². The van der Waals surface area contributed by atoms with Crippen molar-refractivity contribution in [1.29, 1.82) is 5.26 Å². The molecule has 3 rings (SSSR count). The molecule has 1 amide bonds. The lowest BCUT2D eigenvalue weighted by molar-refractivity contribution is -0.116. The third-order valence-corrected chi connectivity index (χ3v) is 3.63. The maximum atomic E-state index is 12.2. The lowest BCUT2D eigenvalue weighted by atomic mass is 10.1. The van der Waals surface area contributed by atoms with Crippen molar-refractivity contribution >= 4 is 11.7 Å². The van der Waals surface area contributed by atoms with Gasteiger partial charge in [0, 0.05) is 24.0 Å². The molecule has 0 aliphatic rings. The van der Waals surface area contributed by atoms with Crippen LogP contribution >= 0.6 is 0 Å². The number of nitrogens with zero attached hydrogens (tertiary/aromatic N) is 7. The smallest absolute Gasteiger partial charge is 0.247 e. The van der Waals surface area contributed by atoms with Gasteiger partial charge in [0.05, 0.1) is 23.7 Å². The van der Waals surface area contributed by atoms with Crippen LogP contribution in [0.15, 0.2) is 30.7 Å². The van der Waals surface area contributed by atoms with Gasteiger partial charge in [0.1, 0.15) is 12.6 Å². The van der Waals surface area contributed by atoms with Gasteiger partial charge < -0.3 is 5.32 Å². The Morgan fingerprint density at radius 2 is 2.15 bits per heavy atom. The van der Waals surface area contributed by atoms with Gasteiger partial charge in [0.2, 0.25) is 5.91 Å². The topological polar surface area (TPSA) is 114 Å². The Morgan fingerprint density at radius 1 is 1.31 bits per heavy atom. The zero-order valence-corrected chi connectivity index (χ0v) is 14.5. The van der Waals surface area contributed by atoms with E-state index < -0.39 is 0 Å². The molecular formula is C17H18N8O. The minimum absolute atomic E-state index is 0.0222. The number of nitrogens with one attached hydrogen (secondary N) is 1. The van der Waals surface area contributed by atoms with Gasteiger partial charge in [-0.2, -0.15) is 10.4 Å². The first-order valence-corrected chi connectivity index (χ1v) is 8.19. The number of aryl methyl sites for hydroxylation is 2. The fraction of sp³-hybridized carbons (Fsp3) is 0.294. The van der Waals surface area contributed by atoms with Crippen LogP contribution in [0.3, 0.4) is 0 Å². The number of hydrogen-bond acceptors (Lipinski definition) is 6. The van der Waals surface area contributed by atoms with Crippen molar-refractivity contribution in [2.45, 2.75) is 33.4 Å². The van der Waals surface area contributed by atoms with E-state index in [9.17, 15) is 10.1 Å². The molecule has 0 saturated heterocycles. The van der Waals surface area contributed by atoms with Gasteiger partial charge in [-0.25, -0.2) is 0 Å². The lowest BCUT2D eigenvalue weighted by Crippen LogP contribution is -2.19. The summed E-state index contributed by atoms with van der Waals surface area (Å²) in [6.07, 6.45) is 5.90. The van der Waals surface area contributed by atoms with Crippen molar-refractivity contribution in [3.8, 4) is 17.3 Å². The zero-order valence-electron chi connectivity index (χ0n) is 14.5. The predicted molar refractivity (Wildman–Crippen MR) is 93.9 cm³/mol. The van der Waals surface area contributed by atoms with E-state index in [4.69, 9.17) is 0 Å². The Morgan fingerprint density at radius 3 is 2.92 bits per heavy atom. The van der Waals surface area contributed by atoms with Gasteiger partial charge in [-0.15, -0.1) is 5.10 Å². The summed E-state index contributed by atoms with van der Waals surface area (Å²) >= 11 is 0. The molecule has 0 bridgehead atoms. The Bertz CT molecular complexity index is 965. The SMILES string of the molecule is CCCn1cc(NC(=O)Cn2cc(-c3nc(C)ccc3C#N)cn2)nn1. The van der Waals surface area contributed by atoms with Crippen LogP contribution in [0.2, 0.25) is 0 Å². The monoisotopic (exact) mass is 350 g/mol. The minimum Gasteiger partial charge on any atom is -0.306 e. The fourth-order valence-corrected chi connectivity index (χ4v) is 2.46. The lowest BCUT2D eigenvalue weighted by Gasteiger charge is -2.02. The summed E-state index contributed by atoms with van der Waals surface area (Å²) in [4.78, 5) is 16.6. The number of carbonyl (C=O) groups excluding carboxylic acids is 1. The predicted octanol–water partition coefficient (Wildman–Crippen LogP) is 1.77. The molecule has 3 aromatic rings. The van der Waals surface area contributed by atoms with E-state index in [2.05, 4.69) is 31.8 Å². The Kier molecular flexibility index (Phi) is 5.03. The molecule has 0 radical (unpaired) electrons. The molecule has 0 spiro atoms. The van der Waals surface area contributed by atoms with Crippen molar-refractivity contribution < 1.29 is 4.79 Å². The largest absolute Gasteiger partial charge is 0.306 e. The Labute approximate surface area is 150 Å². The molecule has 1 N–H and O–H groups in total. The average molecular weight is 350 g/mol. The molecule has 0 aromatic carbocycles. The van der Waals surface area contributed by atoms with E-state index in [1.165, 1.54) is 4.68 Å².